The molecule has 0 aliphatic heterocycles. The molecule has 1 N–H and O–H groups in total. The molecular weight excluding hydrogens is 330 g/mol. The number of pyridine rings is 1. The van der Waals surface area contributed by atoms with Gasteiger partial charge in [0.15, 0.2) is 0 Å². The van der Waals surface area contributed by atoms with Crippen LogP contribution in [0.25, 0.3) is 0 Å². The Morgan fingerprint density at radius 3 is 2.12 bits per heavy atom. The molecule has 6 heteroatoms. The fourth-order valence-corrected chi connectivity index (χ4v) is 2.59. The van der Waals surface area contributed by atoms with E-state index in [1.165, 1.54) is 7.11 Å². The number of carbonyl (C=O) groups is 2. The highest BCUT2D eigenvalue weighted by Crippen LogP contribution is 2.16. The number of benzene rings is 1. The summed E-state index contributed by atoms with van der Waals surface area (Å²) in [6.07, 6.45) is 3.45. The molecule has 0 saturated carbocycles. The van der Waals surface area contributed by atoms with Gasteiger partial charge in [0.25, 0.3) is 5.91 Å². The van der Waals surface area contributed by atoms with Crippen LogP contribution in [0.4, 0.5) is 11.5 Å². The molecule has 0 fully saturated rings. The predicted molar refractivity (Wildman–Crippen MR) is 102 cm³/mol. The molecule has 0 spiro atoms. The SMILES string of the molecule is CCCN(CCC)C(=O)c1ccc(Nc2ccc(C(=O)OC)cc2)nc1. The second-order valence-corrected chi connectivity index (χ2v) is 5.92. The van der Waals surface area contributed by atoms with Crippen LogP contribution in [0.5, 0.6) is 0 Å². The van der Waals surface area contributed by atoms with Crippen molar-refractivity contribution in [3.63, 3.8) is 0 Å². The second-order valence-electron chi connectivity index (χ2n) is 5.92. The van der Waals surface area contributed by atoms with Crippen LogP contribution in [0.2, 0.25) is 0 Å². The fraction of sp³-hybridized carbons (Fsp3) is 0.350. The molecule has 1 aromatic carbocycles. The molecule has 1 amide bonds. The van der Waals surface area contributed by atoms with Crippen LogP contribution in [-0.4, -0.2) is 42.0 Å². The van der Waals surface area contributed by atoms with E-state index in [0.717, 1.165) is 31.6 Å². The van der Waals surface area contributed by atoms with Gasteiger partial charge in [-0.2, -0.15) is 0 Å². The molecule has 6 nitrogen and oxygen atoms in total. The monoisotopic (exact) mass is 355 g/mol. The Labute approximate surface area is 154 Å². The number of hydrogen-bond donors (Lipinski definition) is 1. The van der Waals surface area contributed by atoms with Crippen LogP contribution in [0.15, 0.2) is 42.6 Å². The number of anilines is 2. The quantitative estimate of drug-likeness (QED) is 0.728. The molecule has 0 radical (unpaired) electrons. The first kappa shape index (κ1) is 19.4. The lowest BCUT2D eigenvalue weighted by atomic mass is 10.2. The highest BCUT2D eigenvalue weighted by atomic mass is 16.5. The zero-order valence-electron chi connectivity index (χ0n) is 15.5. The van der Waals surface area contributed by atoms with E-state index < -0.39 is 0 Å². The van der Waals surface area contributed by atoms with E-state index >= 15 is 0 Å². The van der Waals surface area contributed by atoms with Gasteiger partial charge in [-0.05, 0) is 49.2 Å². The maximum absolute atomic E-state index is 12.5. The second kappa shape index (κ2) is 9.56. The molecule has 2 rings (SSSR count). The van der Waals surface area contributed by atoms with E-state index in [9.17, 15) is 9.59 Å². The van der Waals surface area contributed by atoms with Crippen molar-refractivity contribution in [3.05, 3.63) is 53.7 Å². The molecule has 2 aromatic rings. The zero-order chi connectivity index (χ0) is 18.9. The number of methoxy groups -OCH3 is 1. The number of amides is 1. The summed E-state index contributed by atoms with van der Waals surface area (Å²) < 4.78 is 4.68. The number of hydrogen-bond acceptors (Lipinski definition) is 5. The van der Waals surface area contributed by atoms with Gasteiger partial charge < -0.3 is 15.0 Å². The van der Waals surface area contributed by atoms with E-state index in [1.807, 2.05) is 4.90 Å². The van der Waals surface area contributed by atoms with E-state index in [2.05, 4.69) is 28.9 Å². The third kappa shape index (κ3) is 5.05. The molecule has 1 aromatic heterocycles. The van der Waals surface area contributed by atoms with Crippen LogP contribution in [0, 0.1) is 0 Å². The van der Waals surface area contributed by atoms with Crippen molar-refractivity contribution in [3.8, 4) is 0 Å². The highest BCUT2D eigenvalue weighted by molar-refractivity contribution is 5.94. The lowest BCUT2D eigenvalue weighted by Crippen LogP contribution is -2.32. The Balaban J connectivity index is 2.04. The molecule has 1 heterocycles. The summed E-state index contributed by atoms with van der Waals surface area (Å²) in [5.74, 6) is 0.265. The van der Waals surface area contributed by atoms with Gasteiger partial charge in [0, 0.05) is 25.0 Å². The minimum atomic E-state index is -0.374. The van der Waals surface area contributed by atoms with Gasteiger partial charge in [-0.25, -0.2) is 9.78 Å². The average molecular weight is 355 g/mol. The van der Waals surface area contributed by atoms with Crippen molar-refractivity contribution in [1.29, 1.82) is 0 Å². The van der Waals surface area contributed by atoms with Gasteiger partial charge in [-0.1, -0.05) is 13.8 Å². The first-order valence-corrected chi connectivity index (χ1v) is 8.79. The van der Waals surface area contributed by atoms with Gasteiger partial charge in [-0.15, -0.1) is 0 Å². The maximum atomic E-state index is 12.5. The van der Waals surface area contributed by atoms with E-state index in [1.54, 1.807) is 42.6 Å². The van der Waals surface area contributed by atoms with Crippen molar-refractivity contribution in [1.82, 2.24) is 9.88 Å². The maximum Gasteiger partial charge on any atom is 0.337 e. The summed E-state index contributed by atoms with van der Waals surface area (Å²) in [4.78, 5) is 30.2. The van der Waals surface area contributed by atoms with Crippen LogP contribution < -0.4 is 5.32 Å². The van der Waals surface area contributed by atoms with Crippen molar-refractivity contribution >= 4 is 23.4 Å². The number of nitrogens with zero attached hydrogens (tertiary/aromatic N) is 2. The number of rotatable bonds is 8. The van der Waals surface area contributed by atoms with Gasteiger partial charge in [0.2, 0.25) is 0 Å². The Hall–Kier alpha value is -2.89. The van der Waals surface area contributed by atoms with Gasteiger partial charge >= 0.3 is 5.97 Å². The van der Waals surface area contributed by atoms with Crippen molar-refractivity contribution in [2.75, 3.05) is 25.5 Å². The first-order valence-electron chi connectivity index (χ1n) is 8.79. The zero-order valence-corrected chi connectivity index (χ0v) is 15.5. The summed E-state index contributed by atoms with van der Waals surface area (Å²) >= 11 is 0. The van der Waals surface area contributed by atoms with Gasteiger partial charge in [-0.3, -0.25) is 4.79 Å². The highest BCUT2D eigenvalue weighted by Gasteiger charge is 2.14. The molecule has 0 saturated heterocycles. The summed E-state index contributed by atoms with van der Waals surface area (Å²) in [5, 5.41) is 3.15. The normalized spacial score (nSPS) is 10.3. The molecule has 138 valence electrons. The van der Waals surface area contributed by atoms with E-state index in [-0.39, 0.29) is 11.9 Å². The standard InChI is InChI=1S/C20H25N3O3/c1-4-12-23(13-5-2)19(24)16-8-11-18(21-14-16)22-17-9-6-15(7-10-17)20(25)26-3/h6-11,14H,4-5,12-13H2,1-3H3,(H,21,22). The predicted octanol–water partition coefficient (Wildman–Crippen LogP) is 3.87. The van der Waals surface area contributed by atoms with Crippen LogP contribution >= 0.6 is 0 Å². The summed E-state index contributed by atoms with van der Waals surface area (Å²) in [6.45, 7) is 5.62. The topological polar surface area (TPSA) is 71.5 Å². The number of ether oxygens (including phenoxy) is 1. The lowest BCUT2D eigenvalue weighted by Gasteiger charge is -2.21. The van der Waals surface area contributed by atoms with Crippen LogP contribution in [-0.2, 0) is 4.74 Å². The molecular formula is C20H25N3O3. The lowest BCUT2D eigenvalue weighted by molar-refractivity contribution is 0.0600. The van der Waals surface area contributed by atoms with Crippen molar-refractivity contribution in [2.24, 2.45) is 0 Å². The Morgan fingerprint density at radius 1 is 1.00 bits per heavy atom. The van der Waals surface area contributed by atoms with Gasteiger partial charge in [0.05, 0.1) is 18.2 Å². The molecule has 0 atom stereocenters. The minimum Gasteiger partial charge on any atom is -0.465 e. The largest absolute Gasteiger partial charge is 0.465 e. The van der Waals surface area contributed by atoms with Crippen LogP contribution in [0.1, 0.15) is 47.4 Å². The summed E-state index contributed by atoms with van der Waals surface area (Å²) in [5.41, 5.74) is 1.86. The smallest absolute Gasteiger partial charge is 0.337 e. The number of nitrogens with one attached hydrogen (secondary N) is 1. The van der Waals surface area contributed by atoms with E-state index in [4.69, 9.17) is 0 Å². The third-order valence-electron chi connectivity index (χ3n) is 3.86. The van der Waals surface area contributed by atoms with E-state index in [0.29, 0.717) is 16.9 Å². The fourth-order valence-electron chi connectivity index (χ4n) is 2.59. The Kier molecular flexibility index (Phi) is 7.14. The molecule has 0 aliphatic rings. The number of esters is 1. The number of aromatic nitrogens is 1. The Bertz CT molecular complexity index is 721. The van der Waals surface area contributed by atoms with Crippen molar-refractivity contribution in [2.45, 2.75) is 26.7 Å². The van der Waals surface area contributed by atoms with Gasteiger partial charge in [0.1, 0.15) is 5.82 Å². The first-order chi connectivity index (χ1) is 12.6. The summed E-state index contributed by atoms with van der Waals surface area (Å²) in [7, 11) is 1.35. The molecule has 0 unspecified atom stereocenters. The number of carbonyl (C=O) groups excluding carboxylic acids is 2. The molecule has 26 heavy (non-hydrogen) atoms. The minimum absolute atomic E-state index is 0.00943. The Morgan fingerprint density at radius 2 is 1.62 bits per heavy atom. The average Bonchev–Trinajstić information content (AvgIpc) is 2.68. The molecule has 0 bridgehead atoms. The third-order valence-corrected chi connectivity index (χ3v) is 3.86. The van der Waals surface area contributed by atoms with Crippen molar-refractivity contribution < 1.29 is 14.3 Å². The van der Waals surface area contributed by atoms with Crippen LogP contribution in [0.3, 0.4) is 0 Å². The summed E-state index contributed by atoms with van der Waals surface area (Å²) in [6, 6.07) is 10.5. The molecule has 0 aliphatic carbocycles.